The average molecular weight is 373 g/mol. The van der Waals surface area contributed by atoms with Crippen LogP contribution in [0.15, 0.2) is 59.7 Å². The molecule has 0 aromatic heterocycles. The molecule has 0 spiro atoms. The van der Waals surface area contributed by atoms with E-state index >= 15 is 0 Å². The van der Waals surface area contributed by atoms with Gasteiger partial charge in [0.05, 0.1) is 30.2 Å². The standard InChI is InChI=1S/C19H14F3N3O2/c20-19(21,22)18(27)11-16(15-8-4-7-14(9-15)12-23)24-25(18)17(26)10-13-5-2-1-3-6-13/h1-9,27H,10-11H2. The van der Waals surface area contributed by atoms with Gasteiger partial charge in [-0.1, -0.05) is 42.5 Å². The number of amides is 1. The third kappa shape index (κ3) is 3.55. The van der Waals surface area contributed by atoms with Gasteiger partial charge in [-0.05, 0) is 23.3 Å². The summed E-state index contributed by atoms with van der Waals surface area (Å²) < 4.78 is 40.7. The highest BCUT2D eigenvalue weighted by molar-refractivity contribution is 6.03. The van der Waals surface area contributed by atoms with Crippen molar-refractivity contribution in [3.05, 3.63) is 71.3 Å². The molecule has 27 heavy (non-hydrogen) atoms. The van der Waals surface area contributed by atoms with Gasteiger partial charge in [0.15, 0.2) is 0 Å². The van der Waals surface area contributed by atoms with Gasteiger partial charge < -0.3 is 5.11 Å². The van der Waals surface area contributed by atoms with Gasteiger partial charge in [-0.3, -0.25) is 4.79 Å². The first-order valence-electron chi connectivity index (χ1n) is 7.99. The molecule has 138 valence electrons. The SMILES string of the molecule is N#Cc1cccc(C2=NN(C(=O)Cc3ccccc3)C(O)(C(F)(F)F)C2)c1. The van der Waals surface area contributed by atoms with E-state index in [1.54, 1.807) is 30.3 Å². The van der Waals surface area contributed by atoms with Crippen LogP contribution < -0.4 is 0 Å². The molecule has 2 aromatic carbocycles. The summed E-state index contributed by atoms with van der Waals surface area (Å²) in [5.41, 5.74) is -2.57. The second-order valence-electron chi connectivity index (χ2n) is 6.10. The number of hydrogen-bond acceptors (Lipinski definition) is 4. The topological polar surface area (TPSA) is 76.7 Å². The predicted octanol–water partition coefficient (Wildman–Crippen LogP) is 2.99. The average Bonchev–Trinajstić information content (AvgIpc) is 3.02. The molecule has 1 aliphatic heterocycles. The van der Waals surface area contributed by atoms with E-state index in [2.05, 4.69) is 5.10 Å². The molecule has 8 heteroatoms. The fourth-order valence-electron chi connectivity index (χ4n) is 2.80. The van der Waals surface area contributed by atoms with Gasteiger partial charge in [0.2, 0.25) is 5.91 Å². The van der Waals surface area contributed by atoms with E-state index in [4.69, 9.17) is 5.26 Å². The van der Waals surface area contributed by atoms with Crippen LogP contribution in [0.5, 0.6) is 0 Å². The Labute approximate surface area is 153 Å². The van der Waals surface area contributed by atoms with E-state index < -0.39 is 24.2 Å². The Hall–Kier alpha value is -3.18. The summed E-state index contributed by atoms with van der Waals surface area (Å²) in [5.74, 6) is -0.979. The number of rotatable bonds is 3. The second-order valence-corrected chi connectivity index (χ2v) is 6.10. The van der Waals surface area contributed by atoms with E-state index in [-0.39, 0.29) is 28.3 Å². The summed E-state index contributed by atoms with van der Waals surface area (Å²) in [6.07, 6.45) is -6.35. The van der Waals surface area contributed by atoms with Crippen molar-refractivity contribution in [3.8, 4) is 6.07 Å². The first kappa shape index (κ1) is 18.6. The normalized spacial score (nSPS) is 19.5. The molecule has 1 amide bonds. The van der Waals surface area contributed by atoms with Crippen molar-refractivity contribution in [2.45, 2.75) is 24.7 Å². The highest BCUT2D eigenvalue weighted by Crippen LogP contribution is 2.41. The zero-order chi connectivity index (χ0) is 19.7. The summed E-state index contributed by atoms with van der Waals surface area (Å²) >= 11 is 0. The van der Waals surface area contributed by atoms with E-state index in [0.717, 1.165) is 0 Å². The van der Waals surface area contributed by atoms with Crippen molar-refractivity contribution < 1.29 is 23.1 Å². The Kier molecular flexibility index (Phi) is 4.72. The zero-order valence-electron chi connectivity index (χ0n) is 13.9. The Balaban J connectivity index is 1.97. The van der Waals surface area contributed by atoms with Crippen LogP contribution in [0.25, 0.3) is 0 Å². The van der Waals surface area contributed by atoms with Crippen LogP contribution in [-0.2, 0) is 11.2 Å². The summed E-state index contributed by atoms with van der Waals surface area (Å²) in [5, 5.41) is 23.1. The quantitative estimate of drug-likeness (QED) is 0.899. The number of aliphatic hydroxyl groups is 1. The molecule has 0 radical (unpaired) electrons. The third-order valence-corrected chi connectivity index (χ3v) is 4.20. The monoisotopic (exact) mass is 373 g/mol. The maximum atomic E-state index is 13.6. The van der Waals surface area contributed by atoms with Crippen molar-refractivity contribution >= 4 is 11.6 Å². The van der Waals surface area contributed by atoms with Crippen molar-refractivity contribution in [1.82, 2.24) is 5.01 Å². The Bertz CT molecular complexity index is 935. The second kappa shape index (κ2) is 6.85. The minimum Gasteiger partial charge on any atom is -0.362 e. The Morgan fingerprint density at radius 3 is 2.56 bits per heavy atom. The molecular formula is C19H14F3N3O2. The lowest BCUT2D eigenvalue weighted by Crippen LogP contribution is -2.57. The lowest BCUT2D eigenvalue weighted by atomic mass is 9.99. The van der Waals surface area contributed by atoms with Gasteiger partial charge in [0.1, 0.15) is 0 Å². The minimum atomic E-state index is -5.10. The van der Waals surface area contributed by atoms with E-state index in [0.29, 0.717) is 5.56 Å². The van der Waals surface area contributed by atoms with Gasteiger partial charge >= 0.3 is 6.18 Å². The molecule has 1 atom stereocenters. The number of nitriles is 1. The first-order chi connectivity index (χ1) is 12.7. The highest BCUT2D eigenvalue weighted by Gasteiger charge is 2.63. The van der Waals surface area contributed by atoms with Gasteiger partial charge in [-0.25, -0.2) is 0 Å². The fourth-order valence-corrected chi connectivity index (χ4v) is 2.80. The molecule has 0 bridgehead atoms. The predicted molar refractivity (Wildman–Crippen MR) is 90.3 cm³/mol. The number of alkyl halides is 3. The maximum Gasteiger partial charge on any atom is 0.438 e. The van der Waals surface area contributed by atoms with Gasteiger partial charge in [0, 0.05) is 0 Å². The number of benzene rings is 2. The van der Waals surface area contributed by atoms with Crippen molar-refractivity contribution in [2.24, 2.45) is 5.10 Å². The number of hydrogen-bond donors (Lipinski definition) is 1. The van der Waals surface area contributed by atoms with Gasteiger partial charge in [-0.2, -0.15) is 28.5 Å². The summed E-state index contributed by atoms with van der Waals surface area (Å²) in [6.45, 7) is 0. The van der Waals surface area contributed by atoms with Crippen LogP contribution in [0.4, 0.5) is 13.2 Å². The Morgan fingerprint density at radius 1 is 1.22 bits per heavy atom. The molecule has 0 saturated heterocycles. The molecule has 5 nitrogen and oxygen atoms in total. The summed E-state index contributed by atoms with van der Waals surface area (Å²) in [4.78, 5) is 12.5. The Morgan fingerprint density at radius 2 is 1.93 bits per heavy atom. The largest absolute Gasteiger partial charge is 0.438 e. The summed E-state index contributed by atoms with van der Waals surface area (Å²) in [6, 6.07) is 15.9. The number of nitrogens with zero attached hydrogens (tertiary/aromatic N) is 3. The molecule has 1 aliphatic rings. The number of halogens is 3. The van der Waals surface area contributed by atoms with Crippen LogP contribution in [0.1, 0.15) is 23.1 Å². The number of hydrazone groups is 1. The third-order valence-electron chi connectivity index (χ3n) is 4.20. The molecule has 0 aliphatic carbocycles. The molecule has 1 unspecified atom stereocenters. The lowest BCUT2D eigenvalue weighted by Gasteiger charge is -2.32. The van der Waals surface area contributed by atoms with Crippen LogP contribution in [0.2, 0.25) is 0 Å². The molecule has 3 rings (SSSR count). The van der Waals surface area contributed by atoms with Crippen molar-refractivity contribution in [2.75, 3.05) is 0 Å². The van der Waals surface area contributed by atoms with E-state index in [1.807, 2.05) is 6.07 Å². The fraction of sp³-hybridized carbons (Fsp3) is 0.211. The molecule has 1 N–H and O–H groups in total. The van der Waals surface area contributed by atoms with Gasteiger partial charge in [0.25, 0.3) is 5.72 Å². The smallest absolute Gasteiger partial charge is 0.362 e. The molecule has 2 aromatic rings. The number of carbonyl (C=O) groups excluding carboxylic acids is 1. The highest BCUT2D eigenvalue weighted by atomic mass is 19.4. The van der Waals surface area contributed by atoms with Crippen LogP contribution in [0.3, 0.4) is 0 Å². The zero-order valence-corrected chi connectivity index (χ0v) is 13.9. The molecule has 1 heterocycles. The van der Waals surface area contributed by atoms with E-state index in [9.17, 15) is 23.1 Å². The minimum absolute atomic E-state index is 0.106. The van der Waals surface area contributed by atoms with Crippen LogP contribution in [-0.4, -0.2) is 33.6 Å². The van der Waals surface area contributed by atoms with Crippen LogP contribution in [0, 0.1) is 11.3 Å². The van der Waals surface area contributed by atoms with Crippen LogP contribution >= 0.6 is 0 Å². The number of carbonyl (C=O) groups is 1. The molecule has 0 saturated carbocycles. The van der Waals surface area contributed by atoms with Crippen molar-refractivity contribution in [3.63, 3.8) is 0 Å². The summed E-state index contributed by atoms with van der Waals surface area (Å²) in [7, 11) is 0. The maximum absolute atomic E-state index is 13.6. The molecular weight excluding hydrogens is 359 g/mol. The van der Waals surface area contributed by atoms with Crippen molar-refractivity contribution in [1.29, 1.82) is 5.26 Å². The molecule has 0 fully saturated rings. The van der Waals surface area contributed by atoms with E-state index in [1.165, 1.54) is 24.3 Å². The van der Waals surface area contributed by atoms with Gasteiger partial charge in [-0.15, -0.1) is 0 Å². The first-order valence-corrected chi connectivity index (χ1v) is 7.99. The lowest BCUT2D eigenvalue weighted by molar-refractivity contribution is -0.302.